The molecule has 1 aromatic heterocycles. The van der Waals surface area contributed by atoms with Gasteiger partial charge in [-0.2, -0.15) is 0 Å². The summed E-state index contributed by atoms with van der Waals surface area (Å²) < 4.78 is 12.8. The molecule has 6 rings (SSSR count). The number of piperidine rings is 1. The summed E-state index contributed by atoms with van der Waals surface area (Å²) in [7, 11) is 3.08. The number of aromatic nitrogens is 1. The van der Waals surface area contributed by atoms with Crippen molar-refractivity contribution in [1.29, 1.82) is 0 Å². The first-order chi connectivity index (χ1) is 19.8. The summed E-state index contributed by atoms with van der Waals surface area (Å²) in [5.74, 6) is 0.141. The molecule has 2 unspecified atom stereocenters. The fourth-order valence-corrected chi connectivity index (χ4v) is 6.67. The lowest BCUT2D eigenvalue weighted by molar-refractivity contribution is -0.144. The van der Waals surface area contributed by atoms with E-state index in [-0.39, 0.29) is 30.4 Å². The number of nitrogens with zero attached hydrogens (tertiary/aromatic N) is 3. The topological polar surface area (TPSA) is 110 Å². The molecular formula is C31H32N4O6. The Balaban J connectivity index is 1.41. The summed E-state index contributed by atoms with van der Waals surface area (Å²) in [6, 6.07) is 18.5. The van der Waals surface area contributed by atoms with Crippen molar-refractivity contribution in [1.82, 2.24) is 14.8 Å². The first-order valence-electron chi connectivity index (χ1n) is 13.7. The van der Waals surface area contributed by atoms with Crippen LogP contribution >= 0.6 is 0 Å². The molecule has 1 N–H and O–H groups in total. The Morgan fingerprint density at radius 3 is 2.46 bits per heavy atom. The molecule has 2 saturated heterocycles. The van der Waals surface area contributed by atoms with Crippen LogP contribution in [-0.2, 0) is 22.6 Å². The van der Waals surface area contributed by atoms with Gasteiger partial charge in [0, 0.05) is 56.3 Å². The lowest BCUT2D eigenvalue weighted by Gasteiger charge is -2.47. The third-order valence-corrected chi connectivity index (χ3v) is 8.52. The van der Waals surface area contributed by atoms with E-state index in [9.17, 15) is 19.2 Å². The molecule has 3 aliphatic rings. The average molecular weight is 557 g/mol. The van der Waals surface area contributed by atoms with E-state index in [1.807, 2.05) is 10.6 Å². The number of imide groups is 2. The standard InChI is InChI=1S/C31H32N4O6/c1-40-24-12-11-21(26(14-24)41-2)15-31(28(37)32-30(39)35(29(31)38)23-7-4-3-5-8-23)19-33-16-20-13-22(18-33)25-9-6-10-27(36)34(25)17-20/h3-12,14,20,22H,13,15-19H2,1-2H3,(H,32,37,39)/t20?,22-,31?/m0/s1. The number of benzene rings is 2. The highest BCUT2D eigenvalue weighted by molar-refractivity contribution is 6.30. The zero-order chi connectivity index (χ0) is 28.7. The highest BCUT2D eigenvalue weighted by Crippen LogP contribution is 2.40. The molecule has 41 heavy (non-hydrogen) atoms. The van der Waals surface area contributed by atoms with E-state index >= 15 is 0 Å². The Morgan fingerprint density at radius 2 is 1.71 bits per heavy atom. The second-order valence-corrected chi connectivity index (χ2v) is 11.1. The van der Waals surface area contributed by atoms with E-state index in [1.165, 1.54) is 7.11 Å². The van der Waals surface area contributed by atoms with E-state index in [4.69, 9.17) is 9.47 Å². The second kappa shape index (κ2) is 10.5. The monoisotopic (exact) mass is 556 g/mol. The maximum atomic E-state index is 14.5. The minimum absolute atomic E-state index is 0.00688. The van der Waals surface area contributed by atoms with Crippen molar-refractivity contribution in [2.45, 2.75) is 25.3 Å². The molecule has 212 valence electrons. The van der Waals surface area contributed by atoms with Crippen molar-refractivity contribution in [2.24, 2.45) is 11.3 Å². The van der Waals surface area contributed by atoms with E-state index in [0.29, 0.717) is 42.4 Å². The number of fused-ring (bicyclic) bond motifs is 4. The number of nitrogens with one attached hydrogen (secondary N) is 1. The molecule has 2 fully saturated rings. The van der Waals surface area contributed by atoms with Crippen LogP contribution in [0.15, 0.2) is 71.5 Å². The van der Waals surface area contributed by atoms with Gasteiger partial charge >= 0.3 is 6.03 Å². The van der Waals surface area contributed by atoms with Crippen molar-refractivity contribution in [3.05, 3.63) is 88.3 Å². The van der Waals surface area contributed by atoms with Crippen molar-refractivity contribution in [3.8, 4) is 11.5 Å². The Labute approximate surface area is 237 Å². The Bertz CT molecular complexity index is 1570. The number of carbonyl (C=O) groups is 3. The largest absolute Gasteiger partial charge is 0.497 e. The predicted octanol–water partition coefficient (Wildman–Crippen LogP) is 2.80. The lowest BCUT2D eigenvalue weighted by Crippen LogP contribution is -2.68. The van der Waals surface area contributed by atoms with Crippen molar-refractivity contribution < 1.29 is 23.9 Å². The lowest BCUT2D eigenvalue weighted by atomic mass is 9.75. The number of ether oxygens (including phenoxy) is 2. The summed E-state index contributed by atoms with van der Waals surface area (Å²) in [5, 5.41) is 2.48. The first kappa shape index (κ1) is 26.8. The molecule has 3 atom stereocenters. The predicted molar refractivity (Wildman–Crippen MR) is 151 cm³/mol. The van der Waals surface area contributed by atoms with Gasteiger partial charge in [-0.3, -0.25) is 19.7 Å². The summed E-state index contributed by atoms with van der Waals surface area (Å²) in [6.45, 7) is 1.91. The third kappa shape index (κ3) is 4.67. The first-order valence-corrected chi connectivity index (χ1v) is 13.7. The number of hydrogen-bond donors (Lipinski definition) is 1. The Hall–Kier alpha value is -4.44. The summed E-state index contributed by atoms with van der Waals surface area (Å²) in [6.07, 6.45) is 0.956. The van der Waals surface area contributed by atoms with Crippen LogP contribution in [0.1, 0.15) is 23.6 Å². The van der Waals surface area contributed by atoms with Crippen LogP contribution in [-0.4, -0.2) is 61.2 Å². The molecule has 4 heterocycles. The van der Waals surface area contributed by atoms with Crippen LogP contribution in [0.25, 0.3) is 0 Å². The van der Waals surface area contributed by atoms with Crippen LogP contribution < -0.4 is 25.2 Å². The van der Waals surface area contributed by atoms with E-state index < -0.39 is 23.3 Å². The van der Waals surface area contributed by atoms with Crippen molar-refractivity contribution >= 4 is 23.5 Å². The number of methoxy groups -OCH3 is 2. The van der Waals surface area contributed by atoms with Crippen LogP contribution in [0.5, 0.6) is 11.5 Å². The van der Waals surface area contributed by atoms with E-state index in [2.05, 4.69) is 10.2 Å². The van der Waals surface area contributed by atoms with Gasteiger partial charge < -0.3 is 18.9 Å². The second-order valence-electron chi connectivity index (χ2n) is 11.1. The van der Waals surface area contributed by atoms with Crippen LogP contribution in [0, 0.1) is 11.3 Å². The Morgan fingerprint density at radius 1 is 0.902 bits per heavy atom. The van der Waals surface area contributed by atoms with Gasteiger partial charge in [-0.05, 0) is 42.2 Å². The number of rotatable bonds is 7. The van der Waals surface area contributed by atoms with Crippen LogP contribution in [0.2, 0.25) is 0 Å². The summed E-state index contributed by atoms with van der Waals surface area (Å²) in [4.78, 5) is 57.2. The van der Waals surface area contributed by atoms with Crippen LogP contribution in [0.4, 0.5) is 10.5 Å². The van der Waals surface area contributed by atoms with Gasteiger partial charge in [-0.15, -0.1) is 0 Å². The highest BCUT2D eigenvalue weighted by Gasteiger charge is 2.56. The number of hydrogen-bond acceptors (Lipinski definition) is 7. The molecule has 2 bridgehead atoms. The highest BCUT2D eigenvalue weighted by atomic mass is 16.5. The maximum Gasteiger partial charge on any atom is 0.335 e. The number of likely N-dealkylation sites (tertiary alicyclic amines) is 1. The number of anilines is 1. The summed E-state index contributed by atoms with van der Waals surface area (Å²) in [5.41, 5.74) is 0.385. The molecule has 0 aliphatic carbocycles. The molecule has 3 aromatic rings. The number of para-hydroxylation sites is 1. The molecule has 2 aromatic carbocycles. The van der Waals surface area contributed by atoms with Crippen molar-refractivity contribution in [3.63, 3.8) is 0 Å². The fourth-order valence-electron chi connectivity index (χ4n) is 6.67. The van der Waals surface area contributed by atoms with Crippen molar-refractivity contribution in [2.75, 3.05) is 38.8 Å². The van der Waals surface area contributed by atoms with Gasteiger partial charge in [0.25, 0.3) is 11.5 Å². The van der Waals surface area contributed by atoms with Gasteiger partial charge in [-0.25, -0.2) is 9.69 Å². The Kier molecular flexibility index (Phi) is 6.86. The molecule has 0 spiro atoms. The van der Waals surface area contributed by atoms with E-state index in [1.54, 1.807) is 67.8 Å². The molecule has 10 heteroatoms. The number of amides is 4. The fraction of sp³-hybridized carbons (Fsp3) is 0.355. The number of barbiturate groups is 1. The quantitative estimate of drug-likeness (QED) is 0.446. The SMILES string of the molecule is COc1ccc(CC2(CN3CC4C[C@@H](C3)c3cccc(=O)n3C4)C(=O)NC(=O)N(c3ccccc3)C2=O)c(OC)c1. The molecule has 10 nitrogen and oxygen atoms in total. The van der Waals surface area contributed by atoms with Gasteiger partial charge in [0.15, 0.2) is 0 Å². The third-order valence-electron chi connectivity index (χ3n) is 8.52. The molecule has 3 aliphatic heterocycles. The van der Waals surface area contributed by atoms with Gasteiger partial charge in [0.1, 0.15) is 16.9 Å². The minimum Gasteiger partial charge on any atom is -0.497 e. The molecule has 4 amide bonds. The van der Waals surface area contributed by atoms with Gasteiger partial charge in [0.2, 0.25) is 5.91 Å². The average Bonchev–Trinajstić information content (AvgIpc) is 2.97. The number of carbonyl (C=O) groups excluding carboxylic acids is 3. The molecule has 0 saturated carbocycles. The normalized spacial score (nSPS) is 24.0. The zero-order valence-electron chi connectivity index (χ0n) is 23.0. The smallest absolute Gasteiger partial charge is 0.335 e. The van der Waals surface area contributed by atoms with Gasteiger partial charge in [0.05, 0.1) is 19.9 Å². The summed E-state index contributed by atoms with van der Waals surface area (Å²) >= 11 is 0. The molecule has 0 radical (unpaired) electrons. The maximum absolute atomic E-state index is 14.5. The number of pyridine rings is 1. The van der Waals surface area contributed by atoms with Gasteiger partial charge in [-0.1, -0.05) is 30.3 Å². The molecular weight excluding hydrogens is 524 g/mol. The van der Waals surface area contributed by atoms with E-state index in [0.717, 1.165) is 17.0 Å². The van der Waals surface area contributed by atoms with Crippen LogP contribution in [0.3, 0.4) is 0 Å². The number of urea groups is 1. The zero-order valence-corrected chi connectivity index (χ0v) is 23.0. The minimum atomic E-state index is -1.62.